The number of ether oxygens (including phenoxy) is 1. The SMILES string of the molecule is CCOC(=O)C1CCCC2=C(N1)N(CC)c1ccccc1C2. The number of nitrogens with zero attached hydrogens (tertiary/aromatic N) is 1. The molecular formula is C18H24N2O2. The summed E-state index contributed by atoms with van der Waals surface area (Å²) in [5.41, 5.74) is 4.03. The van der Waals surface area contributed by atoms with Gasteiger partial charge < -0.3 is 15.0 Å². The van der Waals surface area contributed by atoms with Gasteiger partial charge in [-0.25, -0.2) is 4.79 Å². The highest BCUT2D eigenvalue weighted by Gasteiger charge is 2.30. The molecule has 0 amide bonds. The Balaban J connectivity index is 1.91. The number of esters is 1. The van der Waals surface area contributed by atoms with Gasteiger partial charge in [-0.05, 0) is 56.7 Å². The van der Waals surface area contributed by atoms with Crippen LogP contribution in [-0.2, 0) is 16.0 Å². The van der Waals surface area contributed by atoms with Crippen LogP contribution in [-0.4, -0.2) is 25.2 Å². The number of fused-ring (bicyclic) bond motifs is 1. The average molecular weight is 300 g/mol. The molecule has 2 heterocycles. The molecule has 1 unspecified atom stereocenters. The Morgan fingerprint density at radius 2 is 2.18 bits per heavy atom. The van der Waals surface area contributed by atoms with Crippen molar-refractivity contribution in [2.24, 2.45) is 0 Å². The molecule has 4 nitrogen and oxygen atoms in total. The fourth-order valence-electron chi connectivity index (χ4n) is 3.44. The summed E-state index contributed by atoms with van der Waals surface area (Å²) < 4.78 is 5.21. The molecule has 1 N–H and O–H groups in total. The number of para-hydroxylation sites is 1. The second-order valence-electron chi connectivity index (χ2n) is 5.84. The highest BCUT2D eigenvalue weighted by Crippen LogP contribution is 2.35. The van der Waals surface area contributed by atoms with Gasteiger partial charge in [-0.3, -0.25) is 0 Å². The number of nitrogens with one attached hydrogen (secondary N) is 1. The molecule has 0 saturated carbocycles. The van der Waals surface area contributed by atoms with Crippen LogP contribution < -0.4 is 10.2 Å². The molecule has 118 valence electrons. The third-order valence-electron chi connectivity index (χ3n) is 4.46. The minimum absolute atomic E-state index is 0.133. The number of anilines is 1. The molecule has 0 aromatic heterocycles. The molecule has 22 heavy (non-hydrogen) atoms. The minimum Gasteiger partial charge on any atom is -0.464 e. The molecule has 1 atom stereocenters. The van der Waals surface area contributed by atoms with E-state index >= 15 is 0 Å². The minimum atomic E-state index is -0.230. The number of hydrogen-bond donors (Lipinski definition) is 1. The van der Waals surface area contributed by atoms with Crippen molar-refractivity contribution in [2.75, 3.05) is 18.1 Å². The van der Waals surface area contributed by atoms with E-state index in [2.05, 4.69) is 41.4 Å². The zero-order chi connectivity index (χ0) is 15.5. The molecule has 0 saturated heterocycles. The molecule has 0 spiro atoms. The van der Waals surface area contributed by atoms with Crippen LogP contribution in [0.3, 0.4) is 0 Å². The summed E-state index contributed by atoms with van der Waals surface area (Å²) in [5.74, 6) is 0.989. The van der Waals surface area contributed by atoms with E-state index in [1.807, 2.05) is 6.92 Å². The van der Waals surface area contributed by atoms with E-state index < -0.39 is 0 Å². The summed E-state index contributed by atoms with van der Waals surface area (Å²) in [5, 5.41) is 3.48. The van der Waals surface area contributed by atoms with E-state index in [0.717, 1.165) is 38.0 Å². The Morgan fingerprint density at radius 1 is 1.36 bits per heavy atom. The van der Waals surface area contributed by atoms with Crippen LogP contribution >= 0.6 is 0 Å². The van der Waals surface area contributed by atoms with Gasteiger partial charge in [-0.15, -0.1) is 0 Å². The fraction of sp³-hybridized carbons (Fsp3) is 0.500. The summed E-state index contributed by atoms with van der Waals surface area (Å²) in [7, 11) is 0. The van der Waals surface area contributed by atoms with Gasteiger partial charge in [0.2, 0.25) is 0 Å². The topological polar surface area (TPSA) is 41.6 Å². The van der Waals surface area contributed by atoms with Gasteiger partial charge in [-0.2, -0.15) is 0 Å². The van der Waals surface area contributed by atoms with E-state index in [4.69, 9.17) is 4.74 Å². The van der Waals surface area contributed by atoms with Crippen LogP contribution in [0.15, 0.2) is 35.7 Å². The van der Waals surface area contributed by atoms with Crippen molar-refractivity contribution in [1.29, 1.82) is 0 Å². The van der Waals surface area contributed by atoms with E-state index in [1.165, 1.54) is 16.8 Å². The Hall–Kier alpha value is -1.97. The van der Waals surface area contributed by atoms with Gasteiger partial charge in [0, 0.05) is 12.2 Å². The molecule has 2 aliphatic heterocycles. The predicted molar refractivity (Wildman–Crippen MR) is 87.6 cm³/mol. The van der Waals surface area contributed by atoms with E-state index in [1.54, 1.807) is 0 Å². The van der Waals surface area contributed by atoms with Crippen LogP contribution in [0.1, 0.15) is 38.7 Å². The maximum Gasteiger partial charge on any atom is 0.328 e. The van der Waals surface area contributed by atoms with Crippen molar-refractivity contribution < 1.29 is 9.53 Å². The third kappa shape index (κ3) is 2.70. The number of allylic oxidation sites excluding steroid dienone is 1. The Bertz CT molecular complexity index is 595. The second-order valence-corrected chi connectivity index (χ2v) is 5.84. The number of rotatable bonds is 3. The molecule has 0 fully saturated rings. The Labute approximate surface area is 132 Å². The first-order valence-electron chi connectivity index (χ1n) is 8.25. The lowest BCUT2D eigenvalue weighted by Gasteiger charge is -2.35. The van der Waals surface area contributed by atoms with Crippen molar-refractivity contribution in [1.82, 2.24) is 5.32 Å². The van der Waals surface area contributed by atoms with E-state index in [9.17, 15) is 4.79 Å². The maximum absolute atomic E-state index is 12.1. The van der Waals surface area contributed by atoms with Crippen molar-refractivity contribution in [2.45, 2.75) is 45.6 Å². The van der Waals surface area contributed by atoms with Gasteiger partial charge in [0.1, 0.15) is 11.9 Å². The summed E-state index contributed by atoms with van der Waals surface area (Å²) in [6.07, 6.45) is 3.88. The van der Waals surface area contributed by atoms with Crippen molar-refractivity contribution >= 4 is 11.7 Å². The highest BCUT2D eigenvalue weighted by atomic mass is 16.5. The van der Waals surface area contributed by atoms with Crippen molar-refractivity contribution in [3.8, 4) is 0 Å². The maximum atomic E-state index is 12.1. The van der Waals surface area contributed by atoms with Gasteiger partial charge in [-0.1, -0.05) is 18.2 Å². The molecule has 2 aliphatic rings. The summed E-state index contributed by atoms with van der Waals surface area (Å²) in [4.78, 5) is 14.4. The molecule has 0 bridgehead atoms. The Kier molecular flexibility index (Phi) is 4.36. The fourth-order valence-corrected chi connectivity index (χ4v) is 3.44. The smallest absolute Gasteiger partial charge is 0.328 e. The van der Waals surface area contributed by atoms with Crippen LogP contribution in [0.25, 0.3) is 0 Å². The van der Waals surface area contributed by atoms with Gasteiger partial charge in [0.05, 0.1) is 6.61 Å². The quantitative estimate of drug-likeness (QED) is 0.871. The number of carbonyl (C=O) groups excluding carboxylic acids is 1. The molecule has 1 aromatic rings. The first-order valence-corrected chi connectivity index (χ1v) is 8.25. The average Bonchev–Trinajstić information content (AvgIpc) is 2.75. The summed E-state index contributed by atoms with van der Waals surface area (Å²) in [6, 6.07) is 8.31. The van der Waals surface area contributed by atoms with E-state index in [0.29, 0.717) is 6.61 Å². The molecule has 4 heteroatoms. The number of carbonyl (C=O) groups is 1. The molecule has 0 aliphatic carbocycles. The number of hydrogen-bond acceptors (Lipinski definition) is 4. The standard InChI is InChI=1S/C18H24N2O2/c1-3-20-16-11-6-5-8-13(16)12-14-9-7-10-15(19-17(14)20)18(21)22-4-2/h5-6,8,11,15,19H,3-4,7,9-10,12H2,1-2H3. The van der Waals surface area contributed by atoms with Crippen LogP contribution in [0.5, 0.6) is 0 Å². The largest absolute Gasteiger partial charge is 0.464 e. The zero-order valence-corrected chi connectivity index (χ0v) is 13.4. The first-order chi connectivity index (χ1) is 10.7. The van der Waals surface area contributed by atoms with Crippen LogP contribution in [0.2, 0.25) is 0 Å². The lowest BCUT2D eigenvalue weighted by atomic mass is 9.95. The Morgan fingerprint density at radius 3 is 2.95 bits per heavy atom. The first kappa shape index (κ1) is 14.9. The van der Waals surface area contributed by atoms with Crippen molar-refractivity contribution in [3.63, 3.8) is 0 Å². The second kappa shape index (κ2) is 6.42. The van der Waals surface area contributed by atoms with Gasteiger partial charge >= 0.3 is 5.97 Å². The summed E-state index contributed by atoms with van der Waals surface area (Å²) in [6.45, 7) is 5.33. The summed E-state index contributed by atoms with van der Waals surface area (Å²) >= 11 is 0. The lowest BCUT2D eigenvalue weighted by molar-refractivity contribution is -0.145. The molecule has 0 radical (unpaired) electrons. The zero-order valence-electron chi connectivity index (χ0n) is 13.4. The highest BCUT2D eigenvalue weighted by molar-refractivity contribution is 5.76. The monoisotopic (exact) mass is 300 g/mol. The predicted octanol–water partition coefficient (Wildman–Crippen LogP) is 2.99. The molecule has 1 aromatic carbocycles. The third-order valence-corrected chi connectivity index (χ3v) is 4.46. The normalized spacial score (nSPS) is 20.6. The van der Waals surface area contributed by atoms with Gasteiger partial charge in [0.15, 0.2) is 0 Å². The number of benzene rings is 1. The van der Waals surface area contributed by atoms with Crippen LogP contribution in [0, 0.1) is 0 Å². The lowest BCUT2D eigenvalue weighted by Crippen LogP contribution is -2.44. The molecular weight excluding hydrogens is 276 g/mol. The van der Waals surface area contributed by atoms with E-state index in [-0.39, 0.29) is 12.0 Å². The van der Waals surface area contributed by atoms with Gasteiger partial charge in [0.25, 0.3) is 0 Å². The molecule has 3 rings (SSSR count). The van der Waals surface area contributed by atoms with Crippen molar-refractivity contribution in [3.05, 3.63) is 41.2 Å². The van der Waals surface area contributed by atoms with Crippen LogP contribution in [0.4, 0.5) is 5.69 Å².